The summed E-state index contributed by atoms with van der Waals surface area (Å²) < 4.78 is 10.1. The summed E-state index contributed by atoms with van der Waals surface area (Å²) in [7, 11) is 0. The van der Waals surface area contributed by atoms with Gasteiger partial charge in [-0.05, 0) is 34.6 Å². The minimum Gasteiger partial charge on any atom is -0.494 e. The summed E-state index contributed by atoms with van der Waals surface area (Å²) in [6.45, 7) is 8.19. The number of aliphatic hydroxyl groups is 1. The van der Waals surface area contributed by atoms with Crippen LogP contribution in [0.25, 0.3) is 0 Å². The third-order valence-corrected chi connectivity index (χ3v) is 5.75. The quantitative estimate of drug-likeness (QED) is 0.123. The van der Waals surface area contributed by atoms with Crippen LogP contribution < -0.4 is 16.1 Å². The largest absolute Gasteiger partial charge is 0.494 e. The summed E-state index contributed by atoms with van der Waals surface area (Å²) >= 11 is 0. The lowest BCUT2D eigenvalue weighted by molar-refractivity contribution is -0.139. The molecule has 6 N–H and O–H groups in total. The number of amides is 2. The first-order valence-corrected chi connectivity index (χ1v) is 11.5. The molecule has 2 unspecified atom stereocenters. The molecule has 2 aliphatic heterocycles. The molecule has 0 bridgehead atoms. The normalized spacial score (nSPS) is 20.5. The number of nitrogens with zero attached hydrogens (tertiary/aromatic N) is 1. The predicted octanol–water partition coefficient (Wildman–Crippen LogP) is 0.361. The number of aromatic hydroxyl groups is 1. The van der Waals surface area contributed by atoms with Gasteiger partial charge in [-0.25, -0.2) is 15.0 Å². The van der Waals surface area contributed by atoms with Gasteiger partial charge in [0, 0.05) is 17.1 Å². The minimum absolute atomic E-state index is 0.0122. The Morgan fingerprint density at radius 3 is 2.38 bits per heavy atom. The first kappa shape index (κ1) is 27.2. The SMILES string of the molecule is CCOC(=O)C1=C(C)NC(O)C1/C=C1\C(=O)NC(C)=C1C(=O)N/N=C/c1c(O)[nH]c(C)c1C(=O)OCC. The van der Waals surface area contributed by atoms with Crippen LogP contribution in [-0.2, 0) is 23.9 Å². The first-order valence-electron chi connectivity index (χ1n) is 11.5. The van der Waals surface area contributed by atoms with Gasteiger partial charge in [0.05, 0.1) is 53.2 Å². The number of aromatic amines is 1. The third kappa shape index (κ3) is 5.40. The topological polar surface area (TPSA) is 191 Å². The van der Waals surface area contributed by atoms with Gasteiger partial charge in [-0.3, -0.25) is 9.59 Å². The highest BCUT2D eigenvalue weighted by Gasteiger charge is 2.38. The number of H-pyrrole nitrogens is 1. The lowest BCUT2D eigenvalue weighted by atomic mass is 9.94. The van der Waals surface area contributed by atoms with Crippen molar-refractivity contribution in [1.29, 1.82) is 0 Å². The van der Waals surface area contributed by atoms with Crippen molar-refractivity contribution in [1.82, 2.24) is 21.0 Å². The Morgan fingerprint density at radius 1 is 1.08 bits per heavy atom. The Labute approximate surface area is 212 Å². The second kappa shape index (κ2) is 11.1. The monoisotopic (exact) mass is 515 g/mol. The summed E-state index contributed by atoms with van der Waals surface area (Å²) in [5.74, 6) is -4.01. The molecule has 0 spiro atoms. The fourth-order valence-corrected chi connectivity index (χ4v) is 4.15. The maximum absolute atomic E-state index is 13.0. The van der Waals surface area contributed by atoms with Gasteiger partial charge in [0.1, 0.15) is 6.23 Å². The molecule has 37 heavy (non-hydrogen) atoms. The highest BCUT2D eigenvalue weighted by Crippen LogP contribution is 2.32. The molecule has 0 saturated carbocycles. The molecule has 3 rings (SSSR count). The molecule has 13 heteroatoms. The molecule has 2 aliphatic rings. The van der Waals surface area contributed by atoms with Crippen molar-refractivity contribution < 1.29 is 38.9 Å². The number of nitrogens with one attached hydrogen (secondary N) is 4. The molecular weight excluding hydrogens is 486 g/mol. The maximum atomic E-state index is 13.0. The third-order valence-electron chi connectivity index (χ3n) is 5.75. The zero-order valence-corrected chi connectivity index (χ0v) is 21.0. The molecule has 0 saturated heterocycles. The fraction of sp³-hybridized carbons (Fsp3) is 0.375. The number of hydrogen-bond donors (Lipinski definition) is 6. The standard InChI is InChI=1S/C24H29N5O8/c1-6-36-23(34)17-11(4)27-20(31)14(17)8-13-16(10(3)26-19(13)30)22(33)29-25-9-15-18(24(35)37-7-2)12(5)28-21(15)32/h8-9,14,20,27-28,31-32H,6-7H2,1-5H3,(H,26,30)(H,29,33)/b13-8-,25-9+. The van der Waals surface area contributed by atoms with E-state index in [0.717, 1.165) is 6.21 Å². The Bertz CT molecular complexity index is 1270. The molecule has 2 atom stereocenters. The summed E-state index contributed by atoms with van der Waals surface area (Å²) in [6.07, 6.45) is 1.18. The number of aromatic nitrogens is 1. The van der Waals surface area contributed by atoms with Crippen molar-refractivity contribution in [2.24, 2.45) is 11.0 Å². The first-order chi connectivity index (χ1) is 17.5. The van der Waals surface area contributed by atoms with Crippen LogP contribution in [0.4, 0.5) is 0 Å². The number of rotatable bonds is 8. The van der Waals surface area contributed by atoms with Crippen molar-refractivity contribution in [3.63, 3.8) is 0 Å². The summed E-state index contributed by atoms with van der Waals surface area (Å²) in [4.78, 5) is 52.9. The second-order valence-corrected chi connectivity index (χ2v) is 8.22. The van der Waals surface area contributed by atoms with Crippen molar-refractivity contribution in [2.75, 3.05) is 13.2 Å². The number of carbonyl (C=O) groups excluding carboxylic acids is 4. The van der Waals surface area contributed by atoms with E-state index in [-0.39, 0.29) is 52.6 Å². The number of hydrazone groups is 1. The molecule has 0 aliphatic carbocycles. The van der Waals surface area contributed by atoms with Crippen LogP contribution in [0, 0.1) is 12.8 Å². The number of aryl methyl sites for hydroxylation is 1. The van der Waals surface area contributed by atoms with E-state index in [2.05, 4.69) is 26.1 Å². The molecule has 2 amide bonds. The number of esters is 2. The number of aliphatic hydroxyl groups excluding tert-OH is 1. The van der Waals surface area contributed by atoms with Crippen LogP contribution >= 0.6 is 0 Å². The van der Waals surface area contributed by atoms with Gasteiger partial charge in [-0.2, -0.15) is 5.10 Å². The van der Waals surface area contributed by atoms with Gasteiger partial charge < -0.3 is 35.3 Å². The van der Waals surface area contributed by atoms with E-state index in [1.807, 2.05) is 0 Å². The van der Waals surface area contributed by atoms with Gasteiger partial charge >= 0.3 is 11.9 Å². The molecule has 3 heterocycles. The van der Waals surface area contributed by atoms with Crippen molar-refractivity contribution in [3.05, 3.63) is 51.0 Å². The molecule has 0 aromatic carbocycles. The van der Waals surface area contributed by atoms with E-state index in [1.54, 1.807) is 27.7 Å². The minimum atomic E-state index is -1.22. The van der Waals surface area contributed by atoms with E-state index in [9.17, 15) is 29.4 Å². The number of carbonyl (C=O) groups is 4. The summed E-state index contributed by atoms with van der Waals surface area (Å²) in [5.41, 5.74) is 3.33. The van der Waals surface area contributed by atoms with Crippen LogP contribution in [-0.4, -0.2) is 64.6 Å². The predicted molar refractivity (Wildman–Crippen MR) is 130 cm³/mol. The van der Waals surface area contributed by atoms with Crippen LogP contribution in [0.2, 0.25) is 0 Å². The Kier molecular flexibility index (Phi) is 8.17. The van der Waals surface area contributed by atoms with E-state index in [1.165, 1.54) is 13.0 Å². The molecule has 13 nitrogen and oxygen atoms in total. The average Bonchev–Trinajstić information content (AvgIpc) is 3.37. The van der Waals surface area contributed by atoms with Gasteiger partial charge in [0.25, 0.3) is 11.8 Å². The molecule has 1 aromatic rings. The van der Waals surface area contributed by atoms with E-state index >= 15 is 0 Å². The van der Waals surface area contributed by atoms with Crippen molar-refractivity contribution in [3.8, 4) is 5.88 Å². The van der Waals surface area contributed by atoms with Gasteiger partial charge in [0.15, 0.2) is 5.88 Å². The molecule has 0 radical (unpaired) electrons. The van der Waals surface area contributed by atoms with Crippen LogP contribution in [0.15, 0.2) is 39.3 Å². The number of ether oxygens (including phenoxy) is 2. The summed E-state index contributed by atoms with van der Waals surface area (Å²) in [5, 5.41) is 29.7. The summed E-state index contributed by atoms with van der Waals surface area (Å²) in [6, 6.07) is 0. The second-order valence-electron chi connectivity index (χ2n) is 8.22. The van der Waals surface area contributed by atoms with E-state index in [4.69, 9.17) is 9.47 Å². The van der Waals surface area contributed by atoms with E-state index < -0.39 is 35.9 Å². The zero-order chi connectivity index (χ0) is 27.4. The molecule has 0 fully saturated rings. The Hall–Kier alpha value is -4.39. The Balaban J connectivity index is 1.87. The molecule has 198 valence electrons. The van der Waals surface area contributed by atoms with Gasteiger partial charge in [-0.1, -0.05) is 6.08 Å². The van der Waals surface area contributed by atoms with Crippen LogP contribution in [0.5, 0.6) is 5.88 Å². The number of hydrogen-bond acceptors (Lipinski definition) is 10. The van der Waals surface area contributed by atoms with E-state index in [0.29, 0.717) is 11.4 Å². The smallest absolute Gasteiger partial charge is 0.340 e. The lowest BCUT2D eigenvalue weighted by Crippen LogP contribution is -2.29. The molecular formula is C24H29N5O8. The zero-order valence-electron chi connectivity index (χ0n) is 21.0. The highest BCUT2D eigenvalue weighted by atomic mass is 16.5. The van der Waals surface area contributed by atoms with Crippen LogP contribution in [0.1, 0.15) is 49.3 Å². The number of allylic oxidation sites excluding steroid dienone is 2. The Morgan fingerprint density at radius 2 is 1.73 bits per heavy atom. The maximum Gasteiger partial charge on any atom is 0.340 e. The van der Waals surface area contributed by atoms with Gasteiger partial charge in [0.2, 0.25) is 0 Å². The average molecular weight is 516 g/mol. The van der Waals surface area contributed by atoms with Crippen molar-refractivity contribution in [2.45, 2.75) is 40.8 Å². The van der Waals surface area contributed by atoms with Crippen LogP contribution in [0.3, 0.4) is 0 Å². The fourth-order valence-electron chi connectivity index (χ4n) is 4.15. The van der Waals surface area contributed by atoms with Crippen molar-refractivity contribution >= 4 is 30.0 Å². The highest BCUT2D eigenvalue weighted by molar-refractivity contribution is 6.15. The molecule has 1 aromatic heterocycles. The van der Waals surface area contributed by atoms with Gasteiger partial charge in [-0.15, -0.1) is 0 Å². The lowest BCUT2D eigenvalue weighted by Gasteiger charge is -2.15.